The highest BCUT2D eigenvalue weighted by Gasteiger charge is 2.06. The fraction of sp³-hybridized carbons (Fsp3) is 0.267. The second-order valence-corrected chi connectivity index (χ2v) is 4.45. The Hall–Kier alpha value is -2.47. The van der Waals surface area contributed by atoms with Crippen LogP contribution in [0, 0.1) is 0 Å². The summed E-state index contributed by atoms with van der Waals surface area (Å²) in [5.74, 6) is -0.247. The first kappa shape index (κ1) is 14.9. The third kappa shape index (κ3) is 4.25. The summed E-state index contributed by atoms with van der Waals surface area (Å²) in [4.78, 5) is 27.9. The molecular formula is C15H17N3O3. The Morgan fingerprint density at radius 3 is 2.76 bits per heavy atom. The van der Waals surface area contributed by atoms with Gasteiger partial charge in [-0.25, -0.2) is 4.98 Å². The van der Waals surface area contributed by atoms with Crippen LogP contribution in [0.5, 0.6) is 0 Å². The number of hydrogen-bond acceptors (Lipinski definition) is 4. The minimum absolute atomic E-state index is 0.0510. The normalized spacial score (nSPS) is 10.3. The molecule has 6 nitrogen and oxygen atoms in total. The van der Waals surface area contributed by atoms with Crippen molar-refractivity contribution in [1.82, 2.24) is 14.9 Å². The molecule has 1 heterocycles. The number of carbonyl (C=O) groups is 1. The summed E-state index contributed by atoms with van der Waals surface area (Å²) in [5.41, 5.74) is 1.20. The van der Waals surface area contributed by atoms with E-state index in [1.807, 2.05) is 30.3 Å². The molecule has 0 saturated heterocycles. The van der Waals surface area contributed by atoms with Crippen molar-refractivity contribution < 1.29 is 9.53 Å². The van der Waals surface area contributed by atoms with Crippen LogP contribution >= 0.6 is 0 Å². The molecule has 6 heteroatoms. The summed E-state index contributed by atoms with van der Waals surface area (Å²) in [5, 5.41) is 2.65. The van der Waals surface area contributed by atoms with Crippen LogP contribution in [-0.2, 0) is 16.1 Å². The number of nitrogens with zero attached hydrogens (tertiary/aromatic N) is 2. The van der Waals surface area contributed by atoms with Crippen LogP contribution in [0.4, 0.5) is 0 Å². The molecule has 1 amide bonds. The standard InChI is InChI=1S/C15H17N3O3/c1-21-8-7-16-14(19)10-18-11-17-13(9-15(18)20)12-5-3-2-4-6-12/h2-6,9,11H,7-8,10H2,1H3,(H,16,19). The van der Waals surface area contributed by atoms with Crippen LogP contribution < -0.4 is 10.9 Å². The number of rotatable bonds is 6. The Morgan fingerprint density at radius 2 is 2.10 bits per heavy atom. The van der Waals surface area contributed by atoms with Crippen molar-refractivity contribution in [1.29, 1.82) is 0 Å². The topological polar surface area (TPSA) is 73.2 Å². The van der Waals surface area contributed by atoms with Gasteiger partial charge < -0.3 is 10.1 Å². The molecule has 0 atom stereocenters. The maximum Gasteiger partial charge on any atom is 0.254 e. The minimum Gasteiger partial charge on any atom is -0.383 e. The minimum atomic E-state index is -0.259. The monoisotopic (exact) mass is 287 g/mol. The summed E-state index contributed by atoms with van der Waals surface area (Å²) >= 11 is 0. The summed E-state index contributed by atoms with van der Waals surface area (Å²) < 4.78 is 6.11. The zero-order valence-corrected chi connectivity index (χ0v) is 11.8. The average Bonchev–Trinajstić information content (AvgIpc) is 2.50. The van der Waals surface area contributed by atoms with Crippen LogP contribution in [0.3, 0.4) is 0 Å². The first-order valence-corrected chi connectivity index (χ1v) is 6.58. The van der Waals surface area contributed by atoms with Gasteiger partial charge in [-0.2, -0.15) is 0 Å². The zero-order valence-electron chi connectivity index (χ0n) is 11.8. The van der Waals surface area contributed by atoms with Crippen molar-refractivity contribution in [2.24, 2.45) is 0 Å². The third-order valence-corrected chi connectivity index (χ3v) is 2.89. The largest absolute Gasteiger partial charge is 0.383 e. The van der Waals surface area contributed by atoms with E-state index >= 15 is 0 Å². The Bertz CT molecular complexity index is 653. The highest BCUT2D eigenvalue weighted by atomic mass is 16.5. The lowest BCUT2D eigenvalue weighted by Gasteiger charge is -2.07. The summed E-state index contributed by atoms with van der Waals surface area (Å²) in [6.45, 7) is 0.802. The Balaban J connectivity index is 2.06. The molecule has 0 unspecified atom stereocenters. The lowest BCUT2D eigenvalue weighted by atomic mass is 10.1. The van der Waals surface area contributed by atoms with E-state index in [1.54, 1.807) is 7.11 Å². The number of methoxy groups -OCH3 is 1. The van der Waals surface area contributed by atoms with E-state index < -0.39 is 0 Å². The highest BCUT2D eigenvalue weighted by molar-refractivity contribution is 5.75. The smallest absolute Gasteiger partial charge is 0.254 e. The summed E-state index contributed by atoms with van der Waals surface area (Å²) in [6.07, 6.45) is 1.39. The molecule has 1 aromatic carbocycles. The van der Waals surface area contributed by atoms with Gasteiger partial charge in [0.1, 0.15) is 6.54 Å². The molecule has 0 aliphatic heterocycles. The molecule has 21 heavy (non-hydrogen) atoms. The van der Waals surface area contributed by atoms with Gasteiger partial charge in [-0.15, -0.1) is 0 Å². The van der Waals surface area contributed by atoms with E-state index in [9.17, 15) is 9.59 Å². The Morgan fingerprint density at radius 1 is 1.33 bits per heavy atom. The number of aromatic nitrogens is 2. The molecule has 0 radical (unpaired) electrons. The number of benzene rings is 1. The number of hydrogen-bond donors (Lipinski definition) is 1. The molecule has 2 aromatic rings. The molecule has 0 spiro atoms. The molecule has 0 aliphatic rings. The lowest BCUT2D eigenvalue weighted by molar-refractivity contribution is -0.121. The van der Waals surface area contributed by atoms with Crippen LogP contribution in [0.1, 0.15) is 0 Å². The van der Waals surface area contributed by atoms with Gasteiger partial charge >= 0.3 is 0 Å². The maximum absolute atomic E-state index is 12.0. The van der Waals surface area contributed by atoms with Crippen molar-refractivity contribution in [2.45, 2.75) is 6.54 Å². The van der Waals surface area contributed by atoms with E-state index in [1.165, 1.54) is 17.0 Å². The molecule has 0 aliphatic carbocycles. The van der Waals surface area contributed by atoms with Gasteiger partial charge in [0.05, 0.1) is 18.6 Å². The van der Waals surface area contributed by atoms with E-state index in [-0.39, 0.29) is 18.0 Å². The SMILES string of the molecule is COCCNC(=O)Cn1cnc(-c2ccccc2)cc1=O. The maximum atomic E-state index is 12.0. The average molecular weight is 287 g/mol. The van der Waals surface area contributed by atoms with Gasteiger partial charge in [0.25, 0.3) is 5.56 Å². The van der Waals surface area contributed by atoms with Gasteiger partial charge in [-0.05, 0) is 0 Å². The van der Waals surface area contributed by atoms with Crippen LogP contribution in [0.2, 0.25) is 0 Å². The van der Waals surface area contributed by atoms with Crippen molar-refractivity contribution in [2.75, 3.05) is 20.3 Å². The lowest BCUT2D eigenvalue weighted by Crippen LogP contribution is -2.33. The first-order valence-electron chi connectivity index (χ1n) is 6.58. The molecule has 0 bridgehead atoms. The van der Waals surface area contributed by atoms with E-state index in [0.717, 1.165) is 5.56 Å². The molecule has 2 rings (SSSR count). The predicted molar refractivity (Wildman–Crippen MR) is 78.8 cm³/mol. The summed E-state index contributed by atoms with van der Waals surface area (Å²) in [7, 11) is 1.56. The van der Waals surface area contributed by atoms with Crippen molar-refractivity contribution in [3.05, 3.63) is 53.1 Å². The van der Waals surface area contributed by atoms with Crippen molar-refractivity contribution in [3.63, 3.8) is 0 Å². The molecule has 1 N–H and O–H groups in total. The molecule has 0 saturated carbocycles. The number of carbonyl (C=O) groups excluding carboxylic acids is 1. The number of amides is 1. The van der Waals surface area contributed by atoms with Gasteiger partial charge in [0, 0.05) is 25.3 Å². The fourth-order valence-electron chi connectivity index (χ4n) is 1.81. The Kier molecular flexibility index (Phi) is 5.22. The molecule has 110 valence electrons. The second kappa shape index (κ2) is 7.35. The third-order valence-electron chi connectivity index (χ3n) is 2.89. The molecule has 1 aromatic heterocycles. The van der Waals surface area contributed by atoms with Gasteiger partial charge in [-0.3, -0.25) is 14.2 Å². The number of ether oxygens (including phenoxy) is 1. The Labute approximate surface area is 122 Å². The van der Waals surface area contributed by atoms with Crippen LogP contribution in [0.25, 0.3) is 11.3 Å². The molecule has 0 fully saturated rings. The number of nitrogens with one attached hydrogen (secondary N) is 1. The van der Waals surface area contributed by atoms with Gasteiger partial charge in [-0.1, -0.05) is 30.3 Å². The quantitative estimate of drug-likeness (QED) is 0.793. The summed E-state index contributed by atoms with van der Waals surface area (Å²) in [6, 6.07) is 10.8. The van der Waals surface area contributed by atoms with Crippen molar-refractivity contribution in [3.8, 4) is 11.3 Å². The van der Waals surface area contributed by atoms with E-state index in [0.29, 0.717) is 18.8 Å². The van der Waals surface area contributed by atoms with Crippen LogP contribution in [0.15, 0.2) is 47.5 Å². The molecular weight excluding hydrogens is 270 g/mol. The van der Waals surface area contributed by atoms with Crippen molar-refractivity contribution >= 4 is 5.91 Å². The van der Waals surface area contributed by atoms with Gasteiger partial charge in [0.2, 0.25) is 5.91 Å². The first-order chi connectivity index (χ1) is 10.2. The predicted octanol–water partition coefficient (Wildman–Crippen LogP) is 0.673. The fourth-order valence-corrected chi connectivity index (χ4v) is 1.81. The van der Waals surface area contributed by atoms with E-state index in [2.05, 4.69) is 10.3 Å². The second-order valence-electron chi connectivity index (χ2n) is 4.45. The van der Waals surface area contributed by atoms with E-state index in [4.69, 9.17) is 4.74 Å². The van der Waals surface area contributed by atoms with Gasteiger partial charge in [0.15, 0.2) is 0 Å². The zero-order chi connectivity index (χ0) is 15.1. The van der Waals surface area contributed by atoms with Crippen LogP contribution in [-0.4, -0.2) is 35.7 Å². The highest BCUT2D eigenvalue weighted by Crippen LogP contribution is 2.13.